The van der Waals surface area contributed by atoms with Gasteiger partial charge in [-0.25, -0.2) is 4.98 Å². The van der Waals surface area contributed by atoms with Crippen LogP contribution in [0.15, 0.2) is 30.5 Å². The van der Waals surface area contributed by atoms with Crippen molar-refractivity contribution in [2.45, 2.75) is 32.6 Å². The van der Waals surface area contributed by atoms with E-state index >= 15 is 0 Å². The van der Waals surface area contributed by atoms with E-state index in [1.54, 1.807) is 0 Å². The zero-order valence-corrected chi connectivity index (χ0v) is 10.6. The molecule has 3 nitrogen and oxygen atoms in total. The van der Waals surface area contributed by atoms with Crippen molar-refractivity contribution in [3.05, 3.63) is 41.7 Å². The Morgan fingerprint density at radius 2 is 2.00 bits per heavy atom. The van der Waals surface area contributed by atoms with Gasteiger partial charge in [0, 0.05) is 17.5 Å². The minimum atomic E-state index is 0.675. The SMILES string of the molecule is CCCCCc1cnc(-c2ccc(C#N)cc2)[nH]1. The molecule has 2 aromatic rings. The maximum absolute atomic E-state index is 8.75. The predicted molar refractivity (Wildman–Crippen MR) is 72.0 cm³/mol. The molecule has 1 N–H and O–H groups in total. The van der Waals surface area contributed by atoms with E-state index in [0.29, 0.717) is 5.56 Å². The molecule has 0 bridgehead atoms. The summed E-state index contributed by atoms with van der Waals surface area (Å²) >= 11 is 0. The molecule has 18 heavy (non-hydrogen) atoms. The van der Waals surface area contributed by atoms with Gasteiger partial charge in [0.15, 0.2) is 0 Å². The van der Waals surface area contributed by atoms with Crippen molar-refractivity contribution in [3.8, 4) is 17.5 Å². The molecule has 2 rings (SSSR count). The van der Waals surface area contributed by atoms with E-state index in [1.807, 2.05) is 30.5 Å². The lowest BCUT2D eigenvalue weighted by Crippen LogP contribution is -1.86. The van der Waals surface area contributed by atoms with Crippen LogP contribution >= 0.6 is 0 Å². The average molecular weight is 239 g/mol. The summed E-state index contributed by atoms with van der Waals surface area (Å²) in [5.41, 5.74) is 2.88. The summed E-state index contributed by atoms with van der Waals surface area (Å²) in [6.07, 6.45) is 6.65. The number of rotatable bonds is 5. The zero-order valence-electron chi connectivity index (χ0n) is 10.6. The van der Waals surface area contributed by atoms with Crippen LogP contribution in [0.2, 0.25) is 0 Å². The molecule has 0 aliphatic rings. The van der Waals surface area contributed by atoms with Crippen LogP contribution in [0.3, 0.4) is 0 Å². The van der Waals surface area contributed by atoms with Gasteiger partial charge >= 0.3 is 0 Å². The molecule has 1 aromatic carbocycles. The van der Waals surface area contributed by atoms with Gasteiger partial charge in [-0.05, 0) is 37.1 Å². The molecular weight excluding hydrogens is 222 g/mol. The van der Waals surface area contributed by atoms with Crippen LogP contribution < -0.4 is 0 Å². The number of hydrogen-bond acceptors (Lipinski definition) is 2. The van der Waals surface area contributed by atoms with E-state index in [9.17, 15) is 0 Å². The maximum Gasteiger partial charge on any atom is 0.137 e. The fraction of sp³-hybridized carbons (Fsp3) is 0.333. The van der Waals surface area contributed by atoms with Gasteiger partial charge in [0.25, 0.3) is 0 Å². The lowest BCUT2D eigenvalue weighted by atomic mass is 10.1. The van der Waals surface area contributed by atoms with Crippen molar-refractivity contribution in [2.75, 3.05) is 0 Å². The second kappa shape index (κ2) is 6.02. The molecule has 0 aliphatic carbocycles. The van der Waals surface area contributed by atoms with Gasteiger partial charge in [0.2, 0.25) is 0 Å². The van der Waals surface area contributed by atoms with E-state index < -0.39 is 0 Å². The first-order chi connectivity index (χ1) is 8.83. The number of nitrogens with one attached hydrogen (secondary N) is 1. The standard InChI is InChI=1S/C15H17N3/c1-2-3-4-5-14-11-17-15(18-14)13-8-6-12(10-16)7-9-13/h6-9,11H,2-5H2,1H3,(H,17,18). The van der Waals surface area contributed by atoms with Crippen molar-refractivity contribution in [3.63, 3.8) is 0 Å². The molecule has 0 amide bonds. The minimum Gasteiger partial charge on any atom is -0.342 e. The molecule has 0 saturated carbocycles. The normalized spacial score (nSPS) is 10.2. The third kappa shape index (κ3) is 2.98. The summed E-state index contributed by atoms with van der Waals surface area (Å²) in [6.45, 7) is 2.20. The summed E-state index contributed by atoms with van der Waals surface area (Å²) in [6, 6.07) is 9.59. The third-order valence-electron chi connectivity index (χ3n) is 2.97. The lowest BCUT2D eigenvalue weighted by molar-refractivity contribution is 0.709. The third-order valence-corrected chi connectivity index (χ3v) is 2.97. The Kier molecular flexibility index (Phi) is 4.14. The van der Waals surface area contributed by atoms with Crippen LogP contribution in [0.4, 0.5) is 0 Å². The topological polar surface area (TPSA) is 52.5 Å². The monoisotopic (exact) mass is 239 g/mol. The molecule has 0 atom stereocenters. The highest BCUT2D eigenvalue weighted by Crippen LogP contribution is 2.17. The van der Waals surface area contributed by atoms with E-state index in [1.165, 1.54) is 25.0 Å². The molecule has 1 aromatic heterocycles. The van der Waals surface area contributed by atoms with Gasteiger partial charge in [0.1, 0.15) is 5.82 Å². The van der Waals surface area contributed by atoms with Gasteiger partial charge in [-0.2, -0.15) is 5.26 Å². The Hall–Kier alpha value is -2.08. The van der Waals surface area contributed by atoms with Crippen molar-refractivity contribution in [1.82, 2.24) is 9.97 Å². The number of nitrogens with zero attached hydrogens (tertiary/aromatic N) is 2. The smallest absolute Gasteiger partial charge is 0.137 e. The maximum atomic E-state index is 8.75. The number of benzene rings is 1. The Morgan fingerprint density at radius 1 is 1.22 bits per heavy atom. The summed E-state index contributed by atoms with van der Waals surface area (Å²) in [7, 11) is 0. The number of unbranched alkanes of at least 4 members (excludes halogenated alkanes) is 2. The van der Waals surface area contributed by atoms with Crippen LogP contribution in [0.25, 0.3) is 11.4 Å². The van der Waals surface area contributed by atoms with Crippen LogP contribution in [-0.2, 0) is 6.42 Å². The van der Waals surface area contributed by atoms with E-state index in [-0.39, 0.29) is 0 Å². The molecule has 92 valence electrons. The van der Waals surface area contributed by atoms with E-state index in [2.05, 4.69) is 23.0 Å². The second-order valence-electron chi connectivity index (χ2n) is 4.40. The van der Waals surface area contributed by atoms with Gasteiger partial charge in [-0.1, -0.05) is 19.8 Å². The summed E-state index contributed by atoms with van der Waals surface area (Å²) in [4.78, 5) is 7.71. The van der Waals surface area contributed by atoms with Crippen LogP contribution in [0, 0.1) is 11.3 Å². The molecular formula is C15H17N3. The molecule has 0 unspecified atom stereocenters. The van der Waals surface area contributed by atoms with Gasteiger partial charge in [-0.3, -0.25) is 0 Å². The van der Waals surface area contributed by atoms with Gasteiger partial charge in [0.05, 0.1) is 11.6 Å². The van der Waals surface area contributed by atoms with Crippen molar-refractivity contribution < 1.29 is 0 Å². The quantitative estimate of drug-likeness (QED) is 0.809. The minimum absolute atomic E-state index is 0.675. The second-order valence-corrected chi connectivity index (χ2v) is 4.40. The fourth-order valence-corrected chi connectivity index (χ4v) is 1.90. The Balaban J connectivity index is 2.06. The molecule has 1 heterocycles. The van der Waals surface area contributed by atoms with Crippen molar-refractivity contribution >= 4 is 0 Å². The summed E-state index contributed by atoms with van der Waals surface area (Å²) in [5, 5.41) is 8.75. The average Bonchev–Trinajstić information content (AvgIpc) is 2.88. The molecule has 0 radical (unpaired) electrons. The van der Waals surface area contributed by atoms with E-state index in [0.717, 1.165) is 17.8 Å². The Labute approximate surface area is 107 Å². The number of aromatic nitrogens is 2. The zero-order chi connectivity index (χ0) is 12.8. The fourth-order valence-electron chi connectivity index (χ4n) is 1.90. The number of nitriles is 1. The van der Waals surface area contributed by atoms with Gasteiger partial charge < -0.3 is 4.98 Å². The van der Waals surface area contributed by atoms with Crippen LogP contribution in [0.1, 0.15) is 37.4 Å². The van der Waals surface area contributed by atoms with Crippen molar-refractivity contribution in [1.29, 1.82) is 5.26 Å². The van der Waals surface area contributed by atoms with Crippen LogP contribution in [-0.4, -0.2) is 9.97 Å². The summed E-state index contributed by atoms with van der Waals surface area (Å²) < 4.78 is 0. The Bertz CT molecular complexity index is 532. The van der Waals surface area contributed by atoms with Crippen LogP contribution in [0.5, 0.6) is 0 Å². The highest BCUT2D eigenvalue weighted by molar-refractivity contribution is 5.56. The highest BCUT2D eigenvalue weighted by atomic mass is 14.9. The number of H-pyrrole nitrogens is 1. The first-order valence-electron chi connectivity index (χ1n) is 6.38. The molecule has 0 aliphatic heterocycles. The highest BCUT2D eigenvalue weighted by Gasteiger charge is 2.03. The Morgan fingerprint density at radius 3 is 2.67 bits per heavy atom. The predicted octanol–water partition coefficient (Wildman–Crippen LogP) is 3.68. The lowest BCUT2D eigenvalue weighted by Gasteiger charge is -1.98. The van der Waals surface area contributed by atoms with E-state index in [4.69, 9.17) is 5.26 Å². The molecule has 0 fully saturated rings. The number of imidazole rings is 1. The number of hydrogen-bond donors (Lipinski definition) is 1. The number of aryl methyl sites for hydroxylation is 1. The van der Waals surface area contributed by atoms with Gasteiger partial charge in [-0.15, -0.1) is 0 Å². The van der Waals surface area contributed by atoms with Crippen molar-refractivity contribution in [2.24, 2.45) is 0 Å². The summed E-state index contributed by atoms with van der Waals surface area (Å²) in [5.74, 6) is 0.881. The number of aromatic amines is 1. The first-order valence-corrected chi connectivity index (χ1v) is 6.38. The molecule has 0 spiro atoms. The molecule has 0 saturated heterocycles. The molecule has 3 heteroatoms. The first kappa shape index (κ1) is 12.4. The largest absolute Gasteiger partial charge is 0.342 e.